The maximum Gasteiger partial charge on any atom is 0.356 e. The average Bonchev–Trinajstić information content (AvgIpc) is 2.90. The summed E-state index contributed by atoms with van der Waals surface area (Å²) < 4.78 is 33.0. The van der Waals surface area contributed by atoms with Crippen LogP contribution in [0, 0.1) is 41.5 Å². The maximum absolute atomic E-state index is 12.4. The van der Waals surface area contributed by atoms with E-state index >= 15 is 0 Å². The fourth-order valence-corrected chi connectivity index (χ4v) is 6.35. The van der Waals surface area contributed by atoms with Crippen molar-refractivity contribution in [2.24, 2.45) is 0 Å². The third kappa shape index (κ3) is 11.2. The summed E-state index contributed by atoms with van der Waals surface area (Å²) in [5.41, 5.74) is 5.86. The Morgan fingerprint density at radius 2 is 1.00 bits per heavy atom. The van der Waals surface area contributed by atoms with Crippen LogP contribution in [0.4, 0.5) is 0 Å². The predicted molar refractivity (Wildman–Crippen MR) is 173 cm³/mol. The molecule has 0 aliphatic rings. The number of carbonyl (C=O) groups is 1. The van der Waals surface area contributed by atoms with Crippen molar-refractivity contribution in [3.8, 4) is 0 Å². The van der Waals surface area contributed by atoms with E-state index in [1.807, 2.05) is 52.0 Å². The topological polar surface area (TPSA) is 190 Å². The molecule has 4 rings (SSSR count). The number of ketones is 1. The summed E-state index contributed by atoms with van der Waals surface area (Å²) in [4.78, 5) is 66.3. The van der Waals surface area contributed by atoms with E-state index in [2.05, 4.69) is 0 Å². The van der Waals surface area contributed by atoms with Crippen LogP contribution >= 0.6 is 22.8 Å². The molecule has 0 atom stereocenters. The van der Waals surface area contributed by atoms with Gasteiger partial charge in [0, 0.05) is 11.1 Å². The second-order valence-corrected chi connectivity index (χ2v) is 15.2. The van der Waals surface area contributed by atoms with E-state index < -0.39 is 22.8 Å². The summed E-state index contributed by atoms with van der Waals surface area (Å²) in [5, 5.41) is 0.0798. The van der Waals surface area contributed by atoms with E-state index in [-0.39, 0.29) is 27.3 Å². The van der Waals surface area contributed by atoms with Crippen LogP contribution in [0.1, 0.15) is 49.3 Å². The molecule has 4 aromatic carbocycles. The Bertz CT molecular complexity index is 1780. The molecular weight excluding hydrogens is 625 g/mol. The Morgan fingerprint density at radius 3 is 1.48 bits per heavy atom. The quantitative estimate of drug-likeness (QED) is 0.131. The van der Waals surface area contributed by atoms with E-state index in [1.54, 1.807) is 32.0 Å². The number of hydrogen-bond donors (Lipinski definition) is 6. The fourth-order valence-electron chi connectivity index (χ4n) is 4.12. The number of hydrogen-bond acceptors (Lipinski definition) is 4. The van der Waals surface area contributed by atoms with Crippen LogP contribution in [0.15, 0.2) is 78.9 Å². The highest BCUT2D eigenvalue weighted by atomic mass is 31.2. The molecule has 0 saturated carbocycles. The van der Waals surface area contributed by atoms with Gasteiger partial charge >= 0.3 is 22.8 Å². The van der Waals surface area contributed by atoms with Crippen molar-refractivity contribution in [1.29, 1.82) is 0 Å². The van der Waals surface area contributed by atoms with E-state index in [9.17, 15) is 18.5 Å². The van der Waals surface area contributed by atoms with Crippen LogP contribution in [0.5, 0.6) is 0 Å². The van der Waals surface area contributed by atoms with Crippen molar-refractivity contribution in [1.82, 2.24) is 0 Å². The van der Waals surface area contributed by atoms with E-state index in [4.69, 9.17) is 29.4 Å². The molecule has 0 aromatic heterocycles. The summed E-state index contributed by atoms with van der Waals surface area (Å²) in [6, 6.07) is 21.1. The highest BCUT2D eigenvalue weighted by Gasteiger charge is 2.21. The highest BCUT2D eigenvalue weighted by Crippen LogP contribution is 2.35. The lowest BCUT2D eigenvalue weighted by atomic mass is 9.97. The third-order valence-corrected chi connectivity index (χ3v) is 9.29. The van der Waals surface area contributed by atoms with Crippen molar-refractivity contribution in [3.63, 3.8) is 0 Å². The van der Waals surface area contributed by atoms with Crippen LogP contribution in [-0.2, 0) is 13.7 Å². The van der Waals surface area contributed by atoms with Gasteiger partial charge in [0.1, 0.15) is 0 Å². The normalized spacial score (nSPS) is 11.5. The van der Waals surface area contributed by atoms with Gasteiger partial charge < -0.3 is 29.4 Å². The smallest absolute Gasteiger partial charge is 0.321 e. The lowest BCUT2D eigenvalue weighted by Gasteiger charge is -2.09. The number of benzene rings is 4. The van der Waals surface area contributed by atoms with Crippen molar-refractivity contribution in [2.75, 3.05) is 0 Å². The van der Waals surface area contributed by atoms with Gasteiger partial charge in [-0.1, -0.05) is 53.6 Å². The molecular formula is C31H37O10P3. The third-order valence-electron chi connectivity index (χ3n) is 6.30. The first kappa shape index (κ1) is 37.2. The Balaban J connectivity index is 0.000000244. The molecule has 0 unspecified atom stereocenters. The molecule has 0 radical (unpaired) electrons. The van der Waals surface area contributed by atoms with Gasteiger partial charge in [-0.05, 0) is 100 Å². The highest BCUT2D eigenvalue weighted by molar-refractivity contribution is 7.60. The van der Waals surface area contributed by atoms with E-state index in [0.717, 1.165) is 27.8 Å². The molecule has 0 saturated heterocycles. The molecule has 0 aliphatic carbocycles. The van der Waals surface area contributed by atoms with Crippen molar-refractivity contribution < 1.29 is 47.9 Å². The molecule has 4 aromatic rings. The molecule has 0 aliphatic heterocycles. The van der Waals surface area contributed by atoms with Gasteiger partial charge in [-0.15, -0.1) is 0 Å². The molecule has 44 heavy (non-hydrogen) atoms. The van der Waals surface area contributed by atoms with Crippen LogP contribution in [0.3, 0.4) is 0 Å². The summed E-state index contributed by atoms with van der Waals surface area (Å²) in [6.45, 7) is 10.8. The number of carbonyl (C=O) groups excluding carboxylic acids is 1. The van der Waals surface area contributed by atoms with Crippen molar-refractivity contribution >= 4 is 44.5 Å². The van der Waals surface area contributed by atoms with Gasteiger partial charge in [-0.25, -0.2) is 0 Å². The molecule has 10 nitrogen and oxygen atoms in total. The van der Waals surface area contributed by atoms with Crippen LogP contribution in [-0.4, -0.2) is 35.1 Å². The molecule has 0 amide bonds. The van der Waals surface area contributed by atoms with Crippen molar-refractivity contribution in [3.05, 3.63) is 123 Å². The molecule has 6 N–H and O–H groups in total. The van der Waals surface area contributed by atoms with Gasteiger partial charge in [0.15, 0.2) is 5.78 Å². The lowest BCUT2D eigenvalue weighted by molar-refractivity contribution is 0.103. The number of rotatable bonds is 5. The van der Waals surface area contributed by atoms with Gasteiger partial charge in [0.2, 0.25) is 0 Å². The summed E-state index contributed by atoms with van der Waals surface area (Å²) in [7, 11) is -12.5. The standard InChI is InChI=1S/C15H15O4P.2C8H11O3P/c1-10-6-7-11(2)14(8-10)15(16)12-4-3-5-13(9-12)20(17,18)19;1-6-3-7(2)5-8(4-6)12(9,10)11;1-6-3-4-7(2)8(5-6)12(9,10)11/h3-9H,1-2H3,(H2,17,18,19);2*3-5H,1-2H3,(H2,9,10,11). The first-order valence-corrected chi connectivity index (χ1v) is 18.0. The minimum atomic E-state index is -4.35. The predicted octanol–water partition coefficient (Wildman–Crippen LogP) is 4.55. The first-order valence-electron chi connectivity index (χ1n) is 13.2. The zero-order valence-electron chi connectivity index (χ0n) is 25.2. The summed E-state index contributed by atoms with van der Waals surface area (Å²) in [6.07, 6.45) is 0. The maximum atomic E-state index is 12.4. The van der Waals surface area contributed by atoms with Gasteiger partial charge in [-0.3, -0.25) is 18.5 Å². The molecule has 0 bridgehead atoms. The number of aryl methyl sites for hydroxylation is 6. The van der Waals surface area contributed by atoms with Crippen LogP contribution in [0.25, 0.3) is 0 Å². The van der Waals surface area contributed by atoms with E-state index in [1.165, 1.54) is 36.4 Å². The zero-order valence-corrected chi connectivity index (χ0v) is 27.8. The minimum absolute atomic E-state index is 0.0972. The lowest BCUT2D eigenvalue weighted by Crippen LogP contribution is -2.10. The molecule has 0 spiro atoms. The molecule has 13 heteroatoms. The van der Waals surface area contributed by atoms with Crippen molar-refractivity contribution in [2.45, 2.75) is 41.5 Å². The fraction of sp³-hybridized carbons (Fsp3) is 0.194. The Morgan fingerprint density at radius 1 is 0.500 bits per heavy atom. The van der Waals surface area contributed by atoms with Crippen LogP contribution in [0.2, 0.25) is 0 Å². The summed E-state index contributed by atoms with van der Waals surface area (Å²) in [5.74, 6) is -0.235. The van der Waals surface area contributed by atoms with Gasteiger partial charge in [0.05, 0.1) is 15.9 Å². The zero-order chi connectivity index (χ0) is 33.6. The second-order valence-electron chi connectivity index (χ2n) is 10.5. The van der Waals surface area contributed by atoms with Crippen LogP contribution < -0.4 is 15.9 Å². The van der Waals surface area contributed by atoms with Gasteiger partial charge in [0.25, 0.3) is 0 Å². The van der Waals surface area contributed by atoms with E-state index in [0.29, 0.717) is 11.1 Å². The summed E-state index contributed by atoms with van der Waals surface area (Å²) >= 11 is 0. The second kappa shape index (κ2) is 14.9. The Labute approximate surface area is 256 Å². The molecule has 0 heterocycles. The SMILES string of the molecule is Cc1cc(C)cc(P(=O)(O)O)c1.Cc1ccc(C)c(C(=O)c2cccc(P(=O)(O)O)c2)c1.Cc1ccc(C)c(P(=O)(O)O)c1. The molecule has 0 fully saturated rings. The minimum Gasteiger partial charge on any atom is -0.321 e. The average molecular weight is 663 g/mol. The Hall–Kier alpha value is -3.00. The first-order chi connectivity index (χ1) is 20.1. The molecule has 236 valence electrons. The Kier molecular flexibility index (Phi) is 12.6. The largest absolute Gasteiger partial charge is 0.356 e. The van der Waals surface area contributed by atoms with Gasteiger partial charge in [-0.2, -0.15) is 0 Å². The monoisotopic (exact) mass is 662 g/mol.